The molecule has 1 rings (SSSR count). The van der Waals surface area contributed by atoms with Gasteiger partial charge in [-0.25, -0.2) is 4.79 Å². The van der Waals surface area contributed by atoms with Crippen LogP contribution in [0.4, 0.5) is 4.79 Å². The fraction of sp³-hybridized carbons (Fsp3) is 0.786. The van der Waals surface area contributed by atoms with Crippen LogP contribution in [0.15, 0.2) is 11.6 Å². The van der Waals surface area contributed by atoms with E-state index in [1.165, 1.54) is 23.3 Å². The molecule has 1 aliphatic carbocycles. The molecular formula is C14H25NO2. The molecule has 1 aliphatic rings. The van der Waals surface area contributed by atoms with Gasteiger partial charge >= 0.3 is 6.09 Å². The van der Waals surface area contributed by atoms with E-state index >= 15 is 0 Å². The molecule has 0 aliphatic heterocycles. The van der Waals surface area contributed by atoms with E-state index in [2.05, 4.69) is 26.8 Å². The minimum atomic E-state index is -0.786. The van der Waals surface area contributed by atoms with Crippen LogP contribution in [0.1, 0.15) is 47.0 Å². The van der Waals surface area contributed by atoms with E-state index in [4.69, 9.17) is 5.11 Å². The lowest BCUT2D eigenvalue weighted by molar-refractivity contribution is 0.143. The van der Waals surface area contributed by atoms with Gasteiger partial charge in [0.15, 0.2) is 0 Å². The number of nitrogens with zero attached hydrogens (tertiary/aromatic N) is 1. The first-order chi connectivity index (χ1) is 7.89. The van der Waals surface area contributed by atoms with E-state index in [-0.39, 0.29) is 0 Å². The molecule has 17 heavy (non-hydrogen) atoms. The predicted octanol–water partition coefficient (Wildman–Crippen LogP) is 3.76. The lowest BCUT2D eigenvalue weighted by atomic mass is 9.98. The monoisotopic (exact) mass is 239 g/mol. The van der Waals surface area contributed by atoms with Gasteiger partial charge in [-0.1, -0.05) is 18.6 Å². The quantitative estimate of drug-likeness (QED) is 0.717. The van der Waals surface area contributed by atoms with Crippen LogP contribution in [0.5, 0.6) is 0 Å². The average molecular weight is 239 g/mol. The molecule has 98 valence electrons. The van der Waals surface area contributed by atoms with Crippen LogP contribution < -0.4 is 0 Å². The summed E-state index contributed by atoms with van der Waals surface area (Å²) in [6.45, 7) is 9.72. The molecule has 1 amide bonds. The summed E-state index contributed by atoms with van der Waals surface area (Å²) in [5, 5.41) is 8.99. The largest absolute Gasteiger partial charge is 0.465 e. The molecule has 1 fully saturated rings. The van der Waals surface area contributed by atoms with Crippen LogP contribution in [-0.2, 0) is 0 Å². The van der Waals surface area contributed by atoms with Gasteiger partial charge in [-0.2, -0.15) is 0 Å². The number of hydrogen-bond donors (Lipinski definition) is 1. The van der Waals surface area contributed by atoms with Crippen molar-refractivity contribution in [2.75, 3.05) is 13.1 Å². The van der Waals surface area contributed by atoms with Crippen molar-refractivity contribution in [3.8, 4) is 0 Å². The number of hydrogen-bond acceptors (Lipinski definition) is 1. The minimum absolute atomic E-state index is 0.370. The Morgan fingerprint density at radius 2 is 2.18 bits per heavy atom. The SMILES string of the molecule is CCN(CC1CC1(C)CCC=C(C)C)C(=O)O. The second-order valence-electron chi connectivity index (χ2n) is 5.70. The molecule has 0 heterocycles. The first kappa shape index (κ1) is 14.1. The Labute approximate surface area is 105 Å². The van der Waals surface area contributed by atoms with Crippen molar-refractivity contribution in [1.29, 1.82) is 0 Å². The second kappa shape index (κ2) is 5.56. The maximum Gasteiger partial charge on any atom is 0.407 e. The van der Waals surface area contributed by atoms with E-state index in [0.717, 1.165) is 6.42 Å². The highest BCUT2D eigenvalue weighted by Crippen LogP contribution is 2.55. The smallest absolute Gasteiger partial charge is 0.407 e. The number of carbonyl (C=O) groups is 1. The van der Waals surface area contributed by atoms with Gasteiger partial charge in [0.1, 0.15) is 0 Å². The van der Waals surface area contributed by atoms with Crippen LogP contribution >= 0.6 is 0 Å². The van der Waals surface area contributed by atoms with E-state index < -0.39 is 6.09 Å². The van der Waals surface area contributed by atoms with Crippen molar-refractivity contribution in [3.05, 3.63) is 11.6 Å². The Kier molecular flexibility index (Phi) is 4.61. The van der Waals surface area contributed by atoms with Gasteiger partial charge in [0.2, 0.25) is 0 Å². The van der Waals surface area contributed by atoms with Gasteiger partial charge in [0.25, 0.3) is 0 Å². The van der Waals surface area contributed by atoms with Gasteiger partial charge in [0.05, 0.1) is 0 Å². The van der Waals surface area contributed by atoms with Crippen LogP contribution in [0.2, 0.25) is 0 Å². The van der Waals surface area contributed by atoms with Crippen LogP contribution in [-0.4, -0.2) is 29.2 Å². The Balaban J connectivity index is 2.35. The molecule has 3 nitrogen and oxygen atoms in total. The van der Waals surface area contributed by atoms with Crippen molar-refractivity contribution < 1.29 is 9.90 Å². The highest BCUT2D eigenvalue weighted by atomic mass is 16.4. The molecule has 0 bridgehead atoms. The van der Waals surface area contributed by atoms with Crippen molar-refractivity contribution in [2.45, 2.75) is 47.0 Å². The summed E-state index contributed by atoms with van der Waals surface area (Å²) >= 11 is 0. The summed E-state index contributed by atoms with van der Waals surface area (Å²) in [6, 6.07) is 0. The fourth-order valence-electron chi connectivity index (χ4n) is 2.39. The predicted molar refractivity (Wildman–Crippen MR) is 70.2 cm³/mol. The molecule has 0 aromatic heterocycles. The molecule has 0 saturated heterocycles. The number of amides is 1. The van der Waals surface area contributed by atoms with E-state index in [0.29, 0.717) is 24.4 Å². The molecule has 1 N–H and O–H groups in total. The molecule has 2 unspecified atom stereocenters. The summed E-state index contributed by atoms with van der Waals surface area (Å²) in [5.74, 6) is 0.559. The molecule has 2 atom stereocenters. The summed E-state index contributed by atoms with van der Waals surface area (Å²) in [5.41, 5.74) is 1.74. The molecule has 3 heteroatoms. The normalized spacial score (nSPS) is 26.5. The Hall–Kier alpha value is -0.990. The van der Waals surface area contributed by atoms with Crippen LogP contribution in [0.3, 0.4) is 0 Å². The molecule has 1 saturated carbocycles. The highest BCUT2D eigenvalue weighted by Gasteiger charge is 2.49. The van der Waals surface area contributed by atoms with Gasteiger partial charge in [-0.15, -0.1) is 0 Å². The highest BCUT2D eigenvalue weighted by molar-refractivity contribution is 5.64. The Bertz CT molecular complexity index is 307. The zero-order valence-electron chi connectivity index (χ0n) is 11.5. The van der Waals surface area contributed by atoms with E-state index in [9.17, 15) is 4.79 Å². The second-order valence-corrected chi connectivity index (χ2v) is 5.70. The van der Waals surface area contributed by atoms with Crippen LogP contribution in [0.25, 0.3) is 0 Å². The lowest BCUT2D eigenvalue weighted by Gasteiger charge is -2.18. The molecule has 0 spiro atoms. The van der Waals surface area contributed by atoms with Crippen LogP contribution in [0, 0.1) is 11.3 Å². The summed E-state index contributed by atoms with van der Waals surface area (Å²) < 4.78 is 0. The number of carboxylic acid groups (broad SMARTS) is 1. The summed E-state index contributed by atoms with van der Waals surface area (Å²) in [6.07, 6.45) is 4.96. The molecular weight excluding hydrogens is 214 g/mol. The molecule has 0 aromatic rings. The van der Waals surface area contributed by atoms with Gasteiger partial charge in [0, 0.05) is 13.1 Å². The Morgan fingerprint density at radius 1 is 1.53 bits per heavy atom. The first-order valence-electron chi connectivity index (χ1n) is 6.50. The van der Waals surface area contributed by atoms with Gasteiger partial charge in [-0.05, 0) is 51.4 Å². The van der Waals surface area contributed by atoms with Crippen molar-refractivity contribution in [2.24, 2.45) is 11.3 Å². The third kappa shape index (κ3) is 4.06. The van der Waals surface area contributed by atoms with Crippen molar-refractivity contribution in [3.63, 3.8) is 0 Å². The summed E-state index contributed by atoms with van der Waals surface area (Å²) in [7, 11) is 0. The van der Waals surface area contributed by atoms with E-state index in [1.54, 1.807) is 0 Å². The van der Waals surface area contributed by atoms with Crippen molar-refractivity contribution >= 4 is 6.09 Å². The maximum atomic E-state index is 10.9. The lowest BCUT2D eigenvalue weighted by Crippen LogP contribution is -2.32. The number of rotatable bonds is 6. The number of allylic oxidation sites excluding steroid dienone is 2. The van der Waals surface area contributed by atoms with Crippen molar-refractivity contribution in [1.82, 2.24) is 4.90 Å². The molecule has 0 aromatic carbocycles. The first-order valence-corrected chi connectivity index (χ1v) is 6.50. The molecule has 0 radical (unpaired) electrons. The zero-order chi connectivity index (χ0) is 13.1. The average Bonchev–Trinajstić information content (AvgIpc) is 2.84. The van der Waals surface area contributed by atoms with Gasteiger partial charge < -0.3 is 10.0 Å². The standard InChI is InChI=1S/C14H25NO2/c1-5-15(13(16)17)10-12-9-14(12,4)8-6-7-11(2)3/h7,12H,5-6,8-10H2,1-4H3,(H,16,17). The minimum Gasteiger partial charge on any atom is -0.465 e. The fourth-order valence-corrected chi connectivity index (χ4v) is 2.39. The van der Waals surface area contributed by atoms with E-state index in [1.807, 2.05) is 6.92 Å². The third-order valence-electron chi connectivity index (χ3n) is 3.90. The topological polar surface area (TPSA) is 40.5 Å². The third-order valence-corrected chi connectivity index (χ3v) is 3.90. The summed E-state index contributed by atoms with van der Waals surface area (Å²) in [4.78, 5) is 12.4. The maximum absolute atomic E-state index is 10.9. The van der Waals surface area contributed by atoms with Gasteiger partial charge in [-0.3, -0.25) is 0 Å². The zero-order valence-corrected chi connectivity index (χ0v) is 11.5. The Morgan fingerprint density at radius 3 is 2.65 bits per heavy atom.